The number of aryl methyl sites for hydroxylation is 3. The maximum absolute atomic E-state index is 12.7. The van der Waals surface area contributed by atoms with E-state index >= 15 is 0 Å². The number of rotatable bonds is 7. The Morgan fingerprint density at radius 3 is 2.46 bits per heavy atom. The Morgan fingerprint density at radius 2 is 1.74 bits per heavy atom. The van der Waals surface area contributed by atoms with Crippen LogP contribution in [-0.4, -0.2) is 27.3 Å². The molecule has 0 aliphatic carbocycles. The van der Waals surface area contributed by atoms with Gasteiger partial charge in [-0.05, 0) is 67.5 Å². The maximum Gasteiger partial charge on any atom is 0.225 e. The lowest BCUT2D eigenvalue weighted by Crippen LogP contribution is -2.16. The Bertz CT molecular complexity index is 1350. The van der Waals surface area contributed by atoms with Crippen molar-refractivity contribution in [2.75, 3.05) is 11.9 Å². The number of para-hydroxylation sites is 1. The molecule has 0 atom stereocenters. The molecule has 2 aromatic heterocycles. The first-order valence-electron chi connectivity index (χ1n) is 12.1. The summed E-state index contributed by atoms with van der Waals surface area (Å²) in [6.07, 6.45) is 0.972. The summed E-state index contributed by atoms with van der Waals surface area (Å²) in [4.78, 5) is 17.5. The van der Waals surface area contributed by atoms with Crippen molar-refractivity contribution in [1.29, 1.82) is 0 Å². The lowest BCUT2D eigenvalue weighted by Gasteiger charge is -2.19. The van der Waals surface area contributed by atoms with Gasteiger partial charge in [-0.3, -0.25) is 4.79 Å². The van der Waals surface area contributed by atoms with Crippen molar-refractivity contribution in [3.05, 3.63) is 77.0 Å². The van der Waals surface area contributed by atoms with Gasteiger partial charge in [0.2, 0.25) is 5.91 Å². The number of pyridine rings is 1. The third-order valence-corrected chi connectivity index (χ3v) is 6.09. The number of benzene rings is 2. The molecule has 0 unspecified atom stereocenters. The molecular formula is C29H34N4O2. The number of hydrogen-bond donors (Lipinski definition) is 1. The third-order valence-electron chi connectivity index (χ3n) is 6.09. The second-order valence-corrected chi connectivity index (χ2v) is 10.1. The highest BCUT2D eigenvalue weighted by Crippen LogP contribution is 2.26. The summed E-state index contributed by atoms with van der Waals surface area (Å²) in [5.41, 5.74) is 5.36. The molecule has 0 fully saturated rings. The van der Waals surface area contributed by atoms with Gasteiger partial charge in [-0.2, -0.15) is 9.78 Å². The number of nitrogens with one attached hydrogen (secondary N) is 1. The molecule has 0 spiro atoms. The van der Waals surface area contributed by atoms with Crippen LogP contribution in [0.2, 0.25) is 0 Å². The van der Waals surface area contributed by atoms with Crippen molar-refractivity contribution in [2.24, 2.45) is 0 Å². The Balaban J connectivity index is 1.39. The fourth-order valence-electron chi connectivity index (χ4n) is 4.09. The molecule has 4 rings (SSSR count). The quantitative estimate of drug-likeness (QED) is 0.316. The summed E-state index contributed by atoms with van der Waals surface area (Å²) in [5.74, 6) is 2.05. The largest absolute Gasteiger partial charge is 0.494 e. The van der Waals surface area contributed by atoms with Gasteiger partial charge in [-0.1, -0.05) is 51.1 Å². The number of amides is 1. The van der Waals surface area contributed by atoms with Crippen LogP contribution in [0.25, 0.3) is 16.7 Å². The SMILES string of the molecule is Cc1cc(NC(=O)CCCOc2ccc(C(C)(C)C)cc2)n(-c2cc(C)c3cccc(C)c3n2)n1. The van der Waals surface area contributed by atoms with Gasteiger partial charge in [0, 0.05) is 17.9 Å². The Hall–Kier alpha value is -3.67. The third kappa shape index (κ3) is 5.70. The standard InChI is InChI=1S/C29H34N4O2/c1-19-9-7-10-24-20(2)17-25(31-28(19)24)33-26(18-21(3)32-33)30-27(34)11-8-16-35-23-14-12-22(13-15-23)29(4,5)6/h7,9-10,12-15,17-18H,8,11,16H2,1-6H3,(H,30,34). The molecule has 1 N–H and O–H groups in total. The molecule has 0 bridgehead atoms. The van der Waals surface area contributed by atoms with Gasteiger partial charge in [0.1, 0.15) is 11.6 Å². The van der Waals surface area contributed by atoms with Crippen LogP contribution in [0.3, 0.4) is 0 Å². The highest BCUT2D eigenvalue weighted by molar-refractivity contribution is 5.90. The van der Waals surface area contributed by atoms with Crippen LogP contribution in [0, 0.1) is 20.8 Å². The minimum atomic E-state index is -0.0773. The van der Waals surface area contributed by atoms with Crippen LogP contribution >= 0.6 is 0 Å². The van der Waals surface area contributed by atoms with E-state index in [0.717, 1.165) is 33.5 Å². The van der Waals surface area contributed by atoms with E-state index in [1.54, 1.807) is 4.68 Å². The second-order valence-electron chi connectivity index (χ2n) is 10.1. The lowest BCUT2D eigenvalue weighted by molar-refractivity contribution is -0.116. The molecule has 0 aliphatic heterocycles. The van der Waals surface area contributed by atoms with Gasteiger partial charge >= 0.3 is 0 Å². The molecular weight excluding hydrogens is 436 g/mol. The zero-order chi connectivity index (χ0) is 25.2. The molecule has 35 heavy (non-hydrogen) atoms. The first-order chi connectivity index (χ1) is 16.6. The molecule has 0 saturated carbocycles. The fourth-order valence-corrected chi connectivity index (χ4v) is 4.09. The molecule has 182 valence electrons. The average Bonchev–Trinajstić information content (AvgIpc) is 3.17. The van der Waals surface area contributed by atoms with Crippen LogP contribution in [0.1, 0.15) is 56.0 Å². The number of hydrogen-bond acceptors (Lipinski definition) is 4. The van der Waals surface area contributed by atoms with Crippen LogP contribution in [0.5, 0.6) is 5.75 Å². The number of ether oxygens (including phenoxy) is 1. The van der Waals surface area contributed by atoms with Gasteiger partial charge in [-0.15, -0.1) is 0 Å². The molecule has 2 aromatic carbocycles. The summed E-state index contributed by atoms with van der Waals surface area (Å²) in [6.45, 7) is 13.1. The van der Waals surface area contributed by atoms with E-state index in [-0.39, 0.29) is 11.3 Å². The second kappa shape index (κ2) is 9.90. The molecule has 1 amide bonds. The van der Waals surface area contributed by atoms with Gasteiger partial charge in [-0.25, -0.2) is 4.98 Å². The topological polar surface area (TPSA) is 69.0 Å². The number of fused-ring (bicyclic) bond motifs is 1. The molecule has 6 nitrogen and oxygen atoms in total. The number of aromatic nitrogens is 3. The van der Waals surface area contributed by atoms with Crippen molar-refractivity contribution >= 4 is 22.6 Å². The Kier molecular flexibility index (Phi) is 6.92. The molecule has 4 aromatic rings. The number of carbonyl (C=O) groups excluding carboxylic acids is 1. The smallest absolute Gasteiger partial charge is 0.225 e. The van der Waals surface area contributed by atoms with E-state index in [9.17, 15) is 4.79 Å². The van der Waals surface area contributed by atoms with Crippen LogP contribution in [0.15, 0.2) is 54.6 Å². The van der Waals surface area contributed by atoms with Gasteiger partial charge in [0.05, 0.1) is 17.8 Å². The number of nitrogens with zero attached hydrogens (tertiary/aromatic N) is 3. The van der Waals surface area contributed by atoms with Crippen LogP contribution in [-0.2, 0) is 10.2 Å². The van der Waals surface area contributed by atoms with Gasteiger partial charge in [0.25, 0.3) is 0 Å². The predicted octanol–water partition coefficient (Wildman–Crippen LogP) is 6.44. The lowest BCUT2D eigenvalue weighted by atomic mass is 9.87. The summed E-state index contributed by atoms with van der Waals surface area (Å²) in [6, 6.07) is 18.2. The van der Waals surface area contributed by atoms with E-state index in [0.29, 0.717) is 31.1 Å². The number of anilines is 1. The Morgan fingerprint density at radius 1 is 1.00 bits per heavy atom. The van der Waals surface area contributed by atoms with E-state index in [4.69, 9.17) is 9.72 Å². The van der Waals surface area contributed by atoms with Crippen LogP contribution < -0.4 is 10.1 Å². The maximum atomic E-state index is 12.7. The summed E-state index contributed by atoms with van der Waals surface area (Å²) in [7, 11) is 0. The summed E-state index contributed by atoms with van der Waals surface area (Å²) < 4.78 is 7.54. The van der Waals surface area contributed by atoms with E-state index in [1.165, 1.54) is 5.56 Å². The van der Waals surface area contributed by atoms with Crippen molar-refractivity contribution in [3.63, 3.8) is 0 Å². The van der Waals surface area contributed by atoms with Crippen molar-refractivity contribution in [3.8, 4) is 11.6 Å². The van der Waals surface area contributed by atoms with E-state index in [2.05, 4.69) is 69.3 Å². The monoisotopic (exact) mass is 470 g/mol. The highest BCUT2D eigenvalue weighted by Gasteiger charge is 2.15. The van der Waals surface area contributed by atoms with Crippen molar-refractivity contribution in [1.82, 2.24) is 14.8 Å². The first-order valence-corrected chi connectivity index (χ1v) is 12.1. The zero-order valence-electron chi connectivity index (χ0n) is 21.5. The van der Waals surface area contributed by atoms with Crippen LogP contribution in [0.4, 0.5) is 5.82 Å². The van der Waals surface area contributed by atoms with Crippen molar-refractivity contribution < 1.29 is 9.53 Å². The predicted molar refractivity (Wildman–Crippen MR) is 142 cm³/mol. The van der Waals surface area contributed by atoms with Crippen molar-refractivity contribution in [2.45, 2.75) is 59.8 Å². The van der Waals surface area contributed by atoms with E-state index < -0.39 is 0 Å². The molecule has 0 saturated heterocycles. The molecule has 0 radical (unpaired) electrons. The molecule has 0 aliphatic rings. The molecule has 6 heteroatoms. The first kappa shape index (κ1) is 24.5. The fraction of sp³-hybridized carbons (Fsp3) is 0.345. The number of carbonyl (C=O) groups is 1. The normalized spacial score (nSPS) is 11.6. The summed E-state index contributed by atoms with van der Waals surface area (Å²) in [5, 5.41) is 8.71. The zero-order valence-corrected chi connectivity index (χ0v) is 21.5. The average molecular weight is 471 g/mol. The minimum Gasteiger partial charge on any atom is -0.494 e. The molecule has 2 heterocycles. The Labute approximate surface area is 207 Å². The van der Waals surface area contributed by atoms with Gasteiger partial charge in [0.15, 0.2) is 5.82 Å². The highest BCUT2D eigenvalue weighted by atomic mass is 16.5. The minimum absolute atomic E-state index is 0.0773. The van der Waals surface area contributed by atoms with Gasteiger partial charge < -0.3 is 10.1 Å². The van der Waals surface area contributed by atoms with E-state index in [1.807, 2.05) is 37.3 Å². The summed E-state index contributed by atoms with van der Waals surface area (Å²) >= 11 is 0.